The summed E-state index contributed by atoms with van der Waals surface area (Å²) >= 11 is 6.82. The van der Waals surface area contributed by atoms with Gasteiger partial charge in [-0.1, -0.05) is 30.7 Å². The van der Waals surface area contributed by atoms with Gasteiger partial charge in [-0.3, -0.25) is 19.3 Å². The van der Waals surface area contributed by atoms with E-state index in [-0.39, 0.29) is 27.8 Å². The molecule has 1 aliphatic heterocycles. The minimum Gasteiger partial charge on any atom is -0.494 e. The molecule has 2 aromatic carbocycles. The molecule has 1 fully saturated rings. The molecule has 0 atom stereocenters. The zero-order valence-electron chi connectivity index (χ0n) is 18.6. The number of imide groups is 1. The van der Waals surface area contributed by atoms with Crippen molar-refractivity contribution in [2.24, 2.45) is 0 Å². The third-order valence-corrected chi connectivity index (χ3v) is 5.79. The van der Waals surface area contributed by atoms with Crippen molar-refractivity contribution in [3.8, 4) is 5.75 Å². The molecule has 34 heavy (non-hydrogen) atoms. The predicted molar refractivity (Wildman–Crippen MR) is 131 cm³/mol. The van der Waals surface area contributed by atoms with Gasteiger partial charge in [0.2, 0.25) is 5.91 Å². The lowest BCUT2D eigenvalue weighted by atomic mass is 10.2. The summed E-state index contributed by atoms with van der Waals surface area (Å²) < 4.78 is 10.5. The summed E-state index contributed by atoms with van der Waals surface area (Å²) in [5, 5.41) is 2.21. The number of benzene rings is 2. The molecule has 0 spiro atoms. The maximum Gasteiger partial charge on any atom is 0.339 e. The number of halogens is 1. The van der Waals surface area contributed by atoms with Crippen molar-refractivity contribution in [1.29, 1.82) is 0 Å². The summed E-state index contributed by atoms with van der Waals surface area (Å²) in [6, 6.07) is 11.5. The van der Waals surface area contributed by atoms with Gasteiger partial charge in [0.25, 0.3) is 11.1 Å². The molecule has 1 aliphatic rings. The van der Waals surface area contributed by atoms with E-state index in [0.29, 0.717) is 24.3 Å². The van der Waals surface area contributed by atoms with Crippen molar-refractivity contribution < 1.29 is 28.7 Å². The van der Waals surface area contributed by atoms with Gasteiger partial charge in [0.15, 0.2) is 0 Å². The Morgan fingerprint density at radius 3 is 2.68 bits per heavy atom. The van der Waals surface area contributed by atoms with Crippen LogP contribution >= 0.6 is 23.4 Å². The number of nitrogens with zero attached hydrogens (tertiary/aromatic N) is 1. The number of carbonyl (C=O) groups is 4. The van der Waals surface area contributed by atoms with Gasteiger partial charge in [0.05, 0.1) is 28.7 Å². The van der Waals surface area contributed by atoms with Gasteiger partial charge in [0.1, 0.15) is 12.3 Å². The summed E-state index contributed by atoms with van der Waals surface area (Å²) in [6.45, 7) is 4.01. The van der Waals surface area contributed by atoms with E-state index >= 15 is 0 Å². The van der Waals surface area contributed by atoms with Crippen LogP contribution in [0.3, 0.4) is 0 Å². The smallest absolute Gasteiger partial charge is 0.339 e. The zero-order valence-corrected chi connectivity index (χ0v) is 20.2. The lowest BCUT2D eigenvalue weighted by Crippen LogP contribution is -2.36. The Hall–Kier alpha value is -3.30. The van der Waals surface area contributed by atoms with Crippen molar-refractivity contribution >= 4 is 58.1 Å². The Bertz CT molecular complexity index is 1150. The lowest BCUT2D eigenvalue weighted by Gasteiger charge is -2.13. The Kier molecular flexibility index (Phi) is 8.72. The molecule has 0 bridgehead atoms. The number of rotatable bonds is 9. The largest absolute Gasteiger partial charge is 0.494 e. The Balaban J connectivity index is 1.67. The van der Waals surface area contributed by atoms with E-state index in [0.717, 1.165) is 16.7 Å². The van der Waals surface area contributed by atoms with Gasteiger partial charge < -0.3 is 14.8 Å². The minimum absolute atomic E-state index is 0.108. The molecule has 2 aromatic rings. The Morgan fingerprint density at radius 2 is 1.94 bits per heavy atom. The standard InChI is InChI=1S/C24H23ClN2O6S/c1-3-10-33-23(30)18-13-16(8-9-19(18)25)26-21(28)14-27-22(29)20(34-24(27)31)12-15-6-5-7-17(11-15)32-4-2/h5-9,11-13H,3-4,10,14H2,1-2H3,(H,26,28)/b20-12-. The fraction of sp³-hybridized carbons (Fsp3) is 0.250. The molecule has 3 amide bonds. The van der Waals surface area contributed by atoms with Crippen molar-refractivity contribution in [3.63, 3.8) is 0 Å². The third kappa shape index (κ3) is 6.39. The second-order valence-corrected chi connectivity index (χ2v) is 8.55. The second kappa shape index (κ2) is 11.7. The highest BCUT2D eigenvalue weighted by atomic mass is 35.5. The van der Waals surface area contributed by atoms with Gasteiger partial charge in [-0.2, -0.15) is 0 Å². The summed E-state index contributed by atoms with van der Waals surface area (Å²) in [7, 11) is 0. The number of esters is 1. The third-order valence-electron chi connectivity index (χ3n) is 4.55. The van der Waals surface area contributed by atoms with E-state index in [9.17, 15) is 19.2 Å². The van der Waals surface area contributed by atoms with Crippen LogP contribution in [0.25, 0.3) is 6.08 Å². The van der Waals surface area contributed by atoms with Crippen molar-refractivity contribution in [3.05, 3.63) is 63.5 Å². The molecule has 0 radical (unpaired) electrons. The van der Waals surface area contributed by atoms with Crippen LogP contribution < -0.4 is 10.1 Å². The molecular formula is C24H23ClN2O6S. The normalized spacial score (nSPS) is 14.4. The maximum atomic E-state index is 12.7. The molecule has 0 unspecified atom stereocenters. The molecule has 10 heteroatoms. The number of ether oxygens (including phenoxy) is 2. The van der Waals surface area contributed by atoms with Crippen LogP contribution in [0, 0.1) is 0 Å². The second-order valence-electron chi connectivity index (χ2n) is 7.15. The zero-order chi connectivity index (χ0) is 24.7. The molecule has 3 rings (SSSR count). The highest BCUT2D eigenvalue weighted by Gasteiger charge is 2.36. The lowest BCUT2D eigenvalue weighted by molar-refractivity contribution is -0.127. The highest BCUT2D eigenvalue weighted by molar-refractivity contribution is 8.18. The number of carbonyl (C=O) groups excluding carboxylic acids is 4. The van der Waals surface area contributed by atoms with Crippen LogP contribution in [-0.2, 0) is 14.3 Å². The minimum atomic E-state index is -0.604. The topological polar surface area (TPSA) is 102 Å². The molecule has 1 heterocycles. The first-order valence-electron chi connectivity index (χ1n) is 10.6. The first-order chi connectivity index (χ1) is 16.3. The average molecular weight is 503 g/mol. The van der Waals surface area contributed by atoms with E-state index in [1.54, 1.807) is 30.3 Å². The van der Waals surface area contributed by atoms with Gasteiger partial charge >= 0.3 is 5.97 Å². The van der Waals surface area contributed by atoms with E-state index in [1.165, 1.54) is 18.2 Å². The fourth-order valence-corrected chi connectivity index (χ4v) is 4.06. The molecular weight excluding hydrogens is 480 g/mol. The SMILES string of the molecule is CCCOC(=O)c1cc(NC(=O)CN2C(=O)S/C(=C\c3cccc(OCC)c3)C2=O)ccc1Cl. The number of hydrogen-bond acceptors (Lipinski definition) is 7. The monoisotopic (exact) mass is 502 g/mol. The summed E-state index contributed by atoms with van der Waals surface area (Å²) in [4.78, 5) is 50.8. The van der Waals surface area contributed by atoms with Crippen LogP contribution in [0.2, 0.25) is 5.02 Å². The van der Waals surface area contributed by atoms with Crippen LogP contribution in [0.5, 0.6) is 5.75 Å². The molecule has 0 saturated carbocycles. The molecule has 8 nitrogen and oxygen atoms in total. The van der Waals surface area contributed by atoms with E-state index in [4.69, 9.17) is 21.1 Å². The molecule has 1 saturated heterocycles. The summed E-state index contributed by atoms with van der Waals surface area (Å²) in [5.74, 6) is -1.12. The van der Waals surface area contributed by atoms with Gasteiger partial charge in [-0.15, -0.1) is 0 Å². The molecule has 0 aromatic heterocycles. The van der Waals surface area contributed by atoms with E-state index < -0.39 is 29.6 Å². The van der Waals surface area contributed by atoms with Crippen molar-refractivity contribution in [2.75, 3.05) is 25.1 Å². The van der Waals surface area contributed by atoms with Crippen LogP contribution in [0.1, 0.15) is 36.2 Å². The van der Waals surface area contributed by atoms with Crippen molar-refractivity contribution in [1.82, 2.24) is 4.90 Å². The molecule has 178 valence electrons. The Morgan fingerprint density at radius 1 is 1.15 bits per heavy atom. The number of amides is 3. The van der Waals surface area contributed by atoms with Gasteiger partial charge in [-0.25, -0.2) is 4.79 Å². The quantitative estimate of drug-likeness (QED) is 0.381. The van der Waals surface area contributed by atoms with Crippen molar-refractivity contribution in [2.45, 2.75) is 20.3 Å². The molecule has 0 aliphatic carbocycles. The highest BCUT2D eigenvalue weighted by Crippen LogP contribution is 2.32. The van der Waals surface area contributed by atoms with Crippen LogP contribution in [0.15, 0.2) is 47.4 Å². The maximum absolute atomic E-state index is 12.7. The first-order valence-corrected chi connectivity index (χ1v) is 11.8. The van der Waals surface area contributed by atoms with E-state index in [2.05, 4.69) is 5.32 Å². The predicted octanol–water partition coefficient (Wildman–Crippen LogP) is 4.98. The van der Waals surface area contributed by atoms with E-state index in [1.807, 2.05) is 13.8 Å². The average Bonchev–Trinajstić information content (AvgIpc) is 3.06. The number of anilines is 1. The van der Waals surface area contributed by atoms with Gasteiger partial charge in [-0.05, 0) is 67.1 Å². The molecule has 1 N–H and O–H groups in total. The van der Waals surface area contributed by atoms with Crippen LogP contribution in [-0.4, -0.2) is 47.7 Å². The Labute approximate surface area is 206 Å². The summed E-state index contributed by atoms with van der Waals surface area (Å²) in [6.07, 6.45) is 2.24. The fourth-order valence-electron chi connectivity index (χ4n) is 3.02. The first kappa shape index (κ1) is 25.3. The number of thioether (sulfide) groups is 1. The van der Waals surface area contributed by atoms with Crippen LogP contribution in [0.4, 0.5) is 10.5 Å². The van der Waals surface area contributed by atoms with Gasteiger partial charge in [0, 0.05) is 5.69 Å². The summed E-state index contributed by atoms with van der Waals surface area (Å²) in [5.41, 5.74) is 1.09. The number of hydrogen-bond donors (Lipinski definition) is 1. The number of nitrogens with one attached hydrogen (secondary N) is 1.